The summed E-state index contributed by atoms with van der Waals surface area (Å²) in [6, 6.07) is 2.82. The molecule has 6 nitrogen and oxygen atoms in total. The summed E-state index contributed by atoms with van der Waals surface area (Å²) in [6.45, 7) is 2.05. The van der Waals surface area contributed by atoms with E-state index in [1.807, 2.05) is 0 Å². The zero-order chi connectivity index (χ0) is 16.8. The molecule has 0 aliphatic carbocycles. The Labute approximate surface area is 133 Å². The van der Waals surface area contributed by atoms with Gasteiger partial charge in [0, 0.05) is 19.2 Å². The van der Waals surface area contributed by atoms with Crippen molar-refractivity contribution in [2.45, 2.75) is 0 Å². The molecule has 0 radical (unpaired) electrons. The molecule has 126 valence electrons. The Hall–Kier alpha value is -2.06. The number of morpholine rings is 1. The Morgan fingerprint density at radius 1 is 1.26 bits per heavy atom. The molecule has 1 fully saturated rings. The number of halogens is 2. The van der Waals surface area contributed by atoms with Gasteiger partial charge < -0.3 is 15.0 Å². The highest BCUT2D eigenvalue weighted by Crippen LogP contribution is 2.15. The maximum atomic E-state index is 13.5. The lowest BCUT2D eigenvalue weighted by Gasteiger charge is -2.28. The maximum absolute atomic E-state index is 13.5. The molecule has 1 aliphatic rings. The van der Waals surface area contributed by atoms with Crippen molar-refractivity contribution in [1.29, 1.82) is 0 Å². The molecule has 2 amide bonds. The van der Waals surface area contributed by atoms with Gasteiger partial charge in [-0.25, -0.2) is 8.78 Å². The van der Waals surface area contributed by atoms with Gasteiger partial charge in [0.25, 0.3) is 0 Å². The first-order valence-electron chi connectivity index (χ1n) is 7.24. The third-order valence-electron chi connectivity index (χ3n) is 3.38. The van der Waals surface area contributed by atoms with Gasteiger partial charge in [-0.15, -0.1) is 0 Å². The Morgan fingerprint density at radius 2 is 1.96 bits per heavy atom. The van der Waals surface area contributed by atoms with Crippen LogP contribution in [0.1, 0.15) is 0 Å². The molecule has 0 bridgehead atoms. The van der Waals surface area contributed by atoms with E-state index in [9.17, 15) is 18.4 Å². The number of nitrogens with zero attached hydrogens (tertiary/aromatic N) is 2. The van der Waals surface area contributed by atoms with Gasteiger partial charge >= 0.3 is 0 Å². The normalized spacial score (nSPS) is 14.9. The fourth-order valence-corrected chi connectivity index (χ4v) is 2.23. The number of anilines is 1. The molecule has 1 N–H and O–H groups in total. The SMILES string of the molecule is CN(CC(=O)Nc1cc(F)ccc1F)CC(=O)N1CCOCC1. The lowest BCUT2D eigenvalue weighted by molar-refractivity contribution is -0.136. The van der Waals surface area contributed by atoms with Gasteiger partial charge in [0.2, 0.25) is 11.8 Å². The lowest BCUT2D eigenvalue weighted by atomic mass is 10.3. The zero-order valence-corrected chi connectivity index (χ0v) is 12.8. The third-order valence-corrected chi connectivity index (χ3v) is 3.38. The van der Waals surface area contributed by atoms with Crippen molar-refractivity contribution in [1.82, 2.24) is 9.80 Å². The number of rotatable bonds is 5. The molecule has 1 aliphatic heterocycles. The van der Waals surface area contributed by atoms with E-state index in [-0.39, 0.29) is 24.7 Å². The molecule has 0 unspecified atom stereocenters. The highest BCUT2D eigenvalue weighted by molar-refractivity contribution is 5.92. The predicted octanol–water partition coefficient (Wildman–Crippen LogP) is 0.694. The summed E-state index contributed by atoms with van der Waals surface area (Å²) < 4.78 is 31.7. The van der Waals surface area contributed by atoms with Crippen LogP contribution >= 0.6 is 0 Å². The molecule has 23 heavy (non-hydrogen) atoms. The molecule has 0 atom stereocenters. The van der Waals surface area contributed by atoms with E-state index in [1.165, 1.54) is 4.90 Å². The average Bonchev–Trinajstić information content (AvgIpc) is 2.51. The third kappa shape index (κ3) is 5.26. The van der Waals surface area contributed by atoms with Gasteiger partial charge in [0.15, 0.2) is 0 Å². The zero-order valence-electron chi connectivity index (χ0n) is 12.8. The van der Waals surface area contributed by atoms with Crippen molar-refractivity contribution >= 4 is 17.5 Å². The maximum Gasteiger partial charge on any atom is 0.238 e. The van der Waals surface area contributed by atoms with Crippen LogP contribution in [0, 0.1) is 11.6 Å². The minimum absolute atomic E-state index is 0.0685. The molecule has 0 spiro atoms. The summed E-state index contributed by atoms with van der Waals surface area (Å²) in [4.78, 5) is 27.1. The molecule has 1 aromatic rings. The van der Waals surface area contributed by atoms with Crippen molar-refractivity contribution in [2.75, 3.05) is 51.8 Å². The van der Waals surface area contributed by atoms with Crippen LogP contribution in [0.4, 0.5) is 14.5 Å². The number of benzene rings is 1. The van der Waals surface area contributed by atoms with E-state index in [0.717, 1.165) is 18.2 Å². The molecule has 1 saturated heterocycles. The number of likely N-dealkylation sites (N-methyl/N-ethyl adjacent to an activating group) is 1. The van der Waals surface area contributed by atoms with Gasteiger partial charge in [0.1, 0.15) is 11.6 Å². The largest absolute Gasteiger partial charge is 0.378 e. The minimum Gasteiger partial charge on any atom is -0.378 e. The van der Waals surface area contributed by atoms with Crippen LogP contribution in [0.5, 0.6) is 0 Å². The first kappa shape index (κ1) is 17.3. The highest BCUT2D eigenvalue weighted by Gasteiger charge is 2.19. The van der Waals surface area contributed by atoms with Crippen LogP contribution < -0.4 is 5.32 Å². The summed E-state index contributed by atoms with van der Waals surface area (Å²) in [5.74, 6) is -1.98. The Morgan fingerprint density at radius 3 is 2.65 bits per heavy atom. The van der Waals surface area contributed by atoms with Crippen LogP contribution in [-0.4, -0.2) is 68.1 Å². The van der Waals surface area contributed by atoms with Crippen molar-refractivity contribution in [3.8, 4) is 0 Å². The molecule has 0 saturated carbocycles. The number of nitrogens with one attached hydrogen (secondary N) is 1. The van der Waals surface area contributed by atoms with Crippen molar-refractivity contribution in [2.24, 2.45) is 0 Å². The predicted molar refractivity (Wildman–Crippen MR) is 79.9 cm³/mol. The molecule has 1 heterocycles. The number of ether oxygens (including phenoxy) is 1. The summed E-state index contributed by atoms with van der Waals surface area (Å²) in [5.41, 5.74) is -0.220. The quantitative estimate of drug-likeness (QED) is 0.865. The highest BCUT2D eigenvalue weighted by atomic mass is 19.1. The van der Waals surface area contributed by atoms with E-state index in [4.69, 9.17) is 4.74 Å². The van der Waals surface area contributed by atoms with E-state index in [2.05, 4.69) is 5.32 Å². The lowest BCUT2D eigenvalue weighted by Crippen LogP contribution is -2.46. The topological polar surface area (TPSA) is 61.9 Å². The molecule has 0 aromatic heterocycles. The number of hydrogen-bond acceptors (Lipinski definition) is 4. The second kappa shape index (κ2) is 7.98. The van der Waals surface area contributed by atoms with E-state index in [1.54, 1.807) is 11.9 Å². The summed E-state index contributed by atoms with van der Waals surface area (Å²) in [6.07, 6.45) is 0. The van der Waals surface area contributed by atoms with Crippen LogP contribution in [0.25, 0.3) is 0 Å². The summed E-state index contributed by atoms with van der Waals surface area (Å²) >= 11 is 0. The van der Waals surface area contributed by atoms with Crippen LogP contribution in [0.3, 0.4) is 0 Å². The second-order valence-electron chi connectivity index (χ2n) is 5.34. The van der Waals surface area contributed by atoms with Crippen LogP contribution in [-0.2, 0) is 14.3 Å². The fraction of sp³-hybridized carbons (Fsp3) is 0.467. The summed E-state index contributed by atoms with van der Waals surface area (Å²) in [7, 11) is 1.61. The fourth-order valence-electron chi connectivity index (χ4n) is 2.23. The number of carbonyl (C=O) groups is 2. The van der Waals surface area contributed by atoms with E-state index >= 15 is 0 Å². The van der Waals surface area contributed by atoms with Crippen LogP contribution in [0.15, 0.2) is 18.2 Å². The van der Waals surface area contributed by atoms with Crippen molar-refractivity contribution < 1.29 is 23.1 Å². The molecular formula is C15H19F2N3O3. The van der Waals surface area contributed by atoms with Gasteiger partial charge in [0.05, 0.1) is 32.0 Å². The molecule has 2 rings (SSSR count). The number of carbonyl (C=O) groups excluding carboxylic acids is 2. The first-order valence-corrected chi connectivity index (χ1v) is 7.24. The first-order chi connectivity index (χ1) is 11.0. The number of hydrogen-bond donors (Lipinski definition) is 1. The van der Waals surface area contributed by atoms with Crippen LogP contribution in [0.2, 0.25) is 0 Å². The van der Waals surface area contributed by atoms with Gasteiger partial charge in [-0.1, -0.05) is 0 Å². The van der Waals surface area contributed by atoms with Gasteiger partial charge in [-0.05, 0) is 19.2 Å². The standard InChI is InChI=1S/C15H19F2N3O3/c1-19(10-15(22)20-4-6-23-7-5-20)9-14(21)18-13-8-11(16)2-3-12(13)17/h2-3,8H,4-7,9-10H2,1H3,(H,18,21). The van der Waals surface area contributed by atoms with Gasteiger partial charge in [-0.2, -0.15) is 0 Å². The Balaban J connectivity index is 1.82. The van der Waals surface area contributed by atoms with Crippen molar-refractivity contribution in [3.63, 3.8) is 0 Å². The Bertz CT molecular complexity index is 577. The smallest absolute Gasteiger partial charge is 0.238 e. The summed E-state index contributed by atoms with van der Waals surface area (Å²) in [5, 5.41) is 2.29. The van der Waals surface area contributed by atoms with E-state index in [0.29, 0.717) is 26.3 Å². The second-order valence-corrected chi connectivity index (χ2v) is 5.34. The van der Waals surface area contributed by atoms with Gasteiger partial charge in [-0.3, -0.25) is 14.5 Å². The molecular weight excluding hydrogens is 308 g/mol. The molecule has 1 aromatic carbocycles. The van der Waals surface area contributed by atoms with E-state index < -0.39 is 17.5 Å². The number of amides is 2. The van der Waals surface area contributed by atoms with Crippen molar-refractivity contribution in [3.05, 3.63) is 29.8 Å². The molecule has 8 heteroatoms. The average molecular weight is 327 g/mol. The minimum atomic E-state index is -0.716. The monoisotopic (exact) mass is 327 g/mol. The Kier molecular flexibility index (Phi) is 6.00.